The third-order valence-electron chi connectivity index (χ3n) is 6.33. The van der Waals surface area contributed by atoms with Crippen molar-refractivity contribution >= 4 is 28.7 Å². The van der Waals surface area contributed by atoms with Gasteiger partial charge in [0.15, 0.2) is 0 Å². The number of anilines is 4. The largest absolute Gasteiger partial charge is 0.369 e. The molecule has 0 radical (unpaired) electrons. The van der Waals surface area contributed by atoms with Gasteiger partial charge in [-0.05, 0) is 55.9 Å². The monoisotopic (exact) mass is 478 g/mol. The Bertz CT molecular complexity index is 1330. The molecule has 0 saturated carbocycles. The fourth-order valence-corrected chi connectivity index (χ4v) is 4.13. The quantitative estimate of drug-likeness (QED) is 0.391. The van der Waals surface area contributed by atoms with Crippen LogP contribution in [0.4, 0.5) is 23.0 Å². The number of benzene rings is 1. The van der Waals surface area contributed by atoms with Gasteiger partial charge < -0.3 is 20.4 Å². The molecule has 0 unspecified atom stereocenters. The maximum absolute atomic E-state index is 4.63. The van der Waals surface area contributed by atoms with Crippen LogP contribution in [0, 0.1) is 6.92 Å². The minimum atomic E-state index is 0.497. The van der Waals surface area contributed by atoms with E-state index in [9.17, 15) is 0 Å². The predicted molar refractivity (Wildman–Crippen MR) is 146 cm³/mol. The van der Waals surface area contributed by atoms with Crippen LogP contribution in [0.5, 0.6) is 0 Å². The predicted octanol–water partition coefficient (Wildman–Crippen LogP) is 4.82. The molecule has 8 heteroatoms. The van der Waals surface area contributed by atoms with E-state index in [1.54, 1.807) is 24.8 Å². The van der Waals surface area contributed by atoms with Crippen molar-refractivity contribution < 1.29 is 0 Å². The standard InChI is InChI=1S/C28H30N8/c1-20(22-6-8-25(9-7-22)36-15-13-35(3)14-16-36)32-24-17-27(21(2)31-19-24)34-28-30-12-10-26(33-28)23-5-4-11-29-18-23/h4-12,17-19,32H,1,13-16H2,2-3H3,(H,30,33,34). The molecular formula is C28H30N8. The summed E-state index contributed by atoms with van der Waals surface area (Å²) in [6.45, 7) is 10.5. The van der Waals surface area contributed by atoms with Crippen molar-refractivity contribution in [3.05, 3.63) is 91.2 Å². The summed E-state index contributed by atoms with van der Waals surface area (Å²) in [5.41, 5.74) is 7.33. The van der Waals surface area contributed by atoms with Crippen LogP contribution in [0.3, 0.4) is 0 Å². The summed E-state index contributed by atoms with van der Waals surface area (Å²) in [7, 11) is 2.17. The van der Waals surface area contributed by atoms with Crippen molar-refractivity contribution in [1.29, 1.82) is 0 Å². The van der Waals surface area contributed by atoms with Crippen LogP contribution >= 0.6 is 0 Å². The Labute approximate surface area is 211 Å². The number of rotatable bonds is 7. The van der Waals surface area contributed by atoms with Gasteiger partial charge in [0.25, 0.3) is 0 Å². The molecule has 8 nitrogen and oxygen atoms in total. The smallest absolute Gasteiger partial charge is 0.227 e. The molecule has 0 amide bonds. The molecule has 4 aromatic rings. The van der Waals surface area contributed by atoms with E-state index in [0.29, 0.717) is 5.95 Å². The number of likely N-dealkylation sites (N-methyl/N-ethyl adjacent to an activating group) is 1. The molecule has 0 atom stereocenters. The van der Waals surface area contributed by atoms with Gasteiger partial charge in [0.05, 0.1) is 29.0 Å². The zero-order chi connectivity index (χ0) is 24.9. The van der Waals surface area contributed by atoms with E-state index in [1.807, 2.05) is 31.2 Å². The normalized spacial score (nSPS) is 13.9. The van der Waals surface area contributed by atoms with E-state index in [0.717, 1.165) is 65.8 Å². The van der Waals surface area contributed by atoms with Gasteiger partial charge in [-0.15, -0.1) is 0 Å². The second-order valence-electron chi connectivity index (χ2n) is 8.93. The van der Waals surface area contributed by atoms with Crippen LogP contribution in [-0.2, 0) is 0 Å². The highest BCUT2D eigenvalue weighted by atomic mass is 15.2. The average Bonchev–Trinajstić information content (AvgIpc) is 2.92. The zero-order valence-electron chi connectivity index (χ0n) is 20.6. The number of pyridine rings is 2. The van der Waals surface area contributed by atoms with Crippen LogP contribution in [0.15, 0.2) is 79.9 Å². The first kappa shape index (κ1) is 23.4. The summed E-state index contributed by atoms with van der Waals surface area (Å²) < 4.78 is 0. The summed E-state index contributed by atoms with van der Waals surface area (Å²) in [6.07, 6.45) is 7.06. The van der Waals surface area contributed by atoms with Crippen LogP contribution in [0.25, 0.3) is 17.0 Å². The molecule has 1 aliphatic heterocycles. The molecule has 0 spiro atoms. The lowest BCUT2D eigenvalue weighted by molar-refractivity contribution is 0.313. The number of nitrogens with zero attached hydrogens (tertiary/aromatic N) is 6. The molecule has 2 N–H and O–H groups in total. The SMILES string of the molecule is C=C(Nc1cnc(C)c(Nc2nccc(-c3cccnc3)n2)c1)c1ccc(N2CCN(C)CC2)cc1. The van der Waals surface area contributed by atoms with E-state index in [1.165, 1.54) is 5.69 Å². The van der Waals surface area contributed by atoms with Gasteiger partial charge in [0.1, 0.15) is 0 Å². The lowest BCUT2D eigenvalue weighted by Gasteiger charge is -2.34. The average molecular weight is 479 g/mol. The zero-order valence-corrected chi connectivity index (χ0v) is 20.6. The number of aromatic nitrogens is 4. The number of nitrogens with one attached hydrogen (secondary N) is 2. The molecule has 4 heterocycles. The van der Waals surface area contributed by atoms with Crippen molar-refractivity contribution in [3.63, 3.8) is 0 Å². The van der Waals surface area contributed by atoms with E-state index in [4.69, 9.17) is 0 Å². The van der Waals surface area contributed by atoms with Crippen LogP contribution in [0.1, 0.15) is 11.3 Å². The molecule has 182 valence electrons. The first-order chi connectivity index (χ1) is 17.5. The maximum atomic E-state index is 4.63. The Morgan fingerprint density at radius 1 is 0.944 bits per heavy atom. The molecule has 36 heavy (non-hydrogen) atoms. The van der Waals surface area contributed by atoms with E-state index < -0.39 is 0 Å². The second-order valence-corrected chi connectivity index (χ2v) is 8.93. The summed E-state index contributed by atoms with van der Waals surface area (Å²) >= 11 is 0. The van der Waals surface area contributed by atoms with E-state index >= 15 is 0 Å². The van der Waals surface area contributed by atoms with E-state index in [-0.39, 0.29) is 0 Å². The first-order valence-electron chi connectivity index (χ1n) is 12.0. The van der Waals surface area contributed by atoms with Crippen LogP contribution in [-0.4, -0.2) is 58.1 Å². The number of aryl methyl sites for hydroxylation is 1. The van der Waals surface area contributed by atoms with Crippen molar-refractivity contribution in [2.24, 2.45) is 0 Å². The maximum Gasteiger partial charge on any atom is 0.227 e. The lowest BCUT2D eigenvalue weighted by Crippen LogP contribution is -2.44. The van der Waals surface area contributed by atoms with Crippen molar-refractivity contribution in [1.82, 2.24) is 24.8 Å². The van der Waals surface area contributed by atoms with Crippen molar-refractivity contribution in [3.8, 4) is 11.3 Å². The first-order valence-corrected chi connectivity index (χ1v) is 12.0. The van der Waals surface area contributed by atoms with Gasteiger partial charge in [0.2, 0.25) is 5.95 Å². The number of piperazine rings is 1. The van der Waals surface area contributed by atoms with E-state index in [2.05, 4.69) is 78.3 Å². The summed E-state index contributed by atoms with van der Waals surface area (Å²) in [5.74, 6) is 0.497. The third-order valence-corrected chi connectivity index (χ3v) is 6.33. The fourth-order valence-electron chi connectivity index (χ4n) is 4.13. The highest BCUT2D eigenvalue weighted by Gasteiger charge is 2.14. The molecule has 1 fully saturated rings. The Morgan fingerprint density at radius 2 is 1.75 bits per heavy atom. The second kappa shape index (κ2) is 10.5. The third kappa shape index (κ3) is 5.50. The van der Waals surface area contributed by atoms with Crippen LogP contribution < -0.4 is 15.5 Å². The minimum Gasteiger partial charge on any atom is -0.369 e. The number of hydrogen-bond acceptors (Lipinski definition) is 8. The molecule has 3 aromatic heterocycles. The molecule has 1 aliphatic rings. The summed E-state index contributed by atoms with van der Waals surface area (Å²) in [6, 6.07) is 16.3. The van der Waals surface area contributed by atoms with Gasteiger partial charge in [-0.3, -0.25) is 9.97 Å². The summed E-state index contributed by atoms with van der Waals surface area (Å²) in [4.78, 5) is 22.5. The molecule has 1 saturated heterocycles. The highest BCUT2D eigenvalue weighted by Crippen LogP contribution is 2.26. The molecule has 0 bridgehead atoms. The number of hydrogen-bond donors (Lipinski definition) is 2. The lowest BCUT2D eigenvalue weighted by atomic mass is 10.1. The Hall–Kier alpha value is -4.30. The Kier molecular flexibility index (Phi) is 6.86. The summed E-state index contributed by atoms with van der Waals surface area (Å²) in [5, 5.41) is 6.69. The van der Waals surface area contributed by atoms with Crippen molar-refractivity contribution in [2.45, 2.75) is 6.92 Å². The van der Waals surface area contributed by atoms with Gasteiger partial charge in [-0.25, -0.2) is 9.97 Å². The molecule has 1 aromatic carbocycles. The van der Waals surface area contributed by atoms with Gasteiger partial charge in [-0.2, -0.15) is 0 Å². The Morgan fingerprint density at radius 3 is 2.50 bits per heavy atom. The van der Waals surface area contributed by atoms with Gasteiger partial charge >= 0.3 is 0 Å². The Balaban J connectivity index is 1.27. The van der Waals surface area contributed by atoms with Crippen LogP contribution in [0.2, 0.25) is 0 Å². The van der Waals surface area contributed by atoms with Gasteiger partial charge in [0, 0.05) is 61.7 Å². The molecule has 5 rings (SSSR count). The highest BCUT2D eigenvalue weighted by molar-refractivity contribution is 5.77. The topological polar surface area (TPSA) is 82.1 Å². The molecular weight excluding hydrogens is 448 g/mol. The van der Waals surface area contributed by atoms with Gasteiger partial charge in [-0.1, -0.05) is 18.7 Å². The minimum absolute atomic E-state index is 0.497. The van der Waals surface area contributed by atoms with Crippen molar-refractivity contribution in [2.75, 3.05) is 48.8 Å². The molecule has 0 aliphatic carbocycles. The fraction of sp³-hybridized carbons (Fsp3) is 0.214.